The van der Waals surface area contributed by atoms with E-state index in [1.54, 1.807) is 0 Å². The summed E-state index contributed by atoms with van der Waals surface area (Å²) in [5.74, 6) is 1.46. The van der Waals surface area contributed by atoms with Gasteiger partial charge in [-0.3, -0.25) is 5.10 Å². The minimum absolute atomic E-state index is 0.561. The molecule has 5 N–H and O–H groups in total. The van der Waals surface area contributed by atoms with Gasteiger partial charge >= 0.3 is 0 Å². The molecule has 0 saturated carbocycles. The van der Waals surface area contributed by atoms with Crippen LogP contribution in [0.15, 0.2) is 24.3 Å². The summed E-state index contributed by atoms with van der Waals surface area (Å²) in [5.41, 5.74) is 12.7. The Morgan fingerprint density at radius 2 is 2.20 bits per heavy atom. The molecule has 2 rings (SSSR count). The van der Waals surface area contributed by atoms with E-state index in [1.807, 2.05) is 24.3 Å². The van der Waals surface area contributed by atoms with E-state index in [-0.39, 0.29) is 0 Å². The van der Waals surface area contributed by atoms with E-state index >= 15 is 0 Å². The van der Waals surface area contributed by atoms with Crippen molar-refractivity contribution in [1.82, 2.24) is 15.2 Å². The molecule has 5 nitrogen and oxygen atoms in total. The summed E-state index contributed by atoms with van der Waals surface area (Å²) < 4.78 is 0. The smallest absolute Gasteiger partial charge is 0.181 e. The van der Waals surface area contributed by atoms with Gasteiger partial charge < -0.3 is 11.5 Å². The maximum atomic E-state index is 5.68. The van der Waals surface area contributed by atoms with Gasteiger partial charge in [0.1, 0.15) is 5.82 Å². The van der Waals surface area contributed by atoms with E-state index in [1.165, 1.54) is 0 Å². The lowest BCUT2D eigenvalue weighted by atomic mass is 10.2. The van der Waals surface area contributed by atoms with Gasteiger partial charge in [-0.1, -0.05) is 12.1 Å². The third-order valence-electron chi connectivity index (χ3n) is 2.06. The Labute approximate surface area is 87.5 Å². The van der Waals surface area contributed by atoms with Gasteiger partial charge in [0.15, 0.2) is 5.82 Å². The Hall–Kier alpha value is -1.88. The van der Waals surface area contributed by atoms with Gasteiger partial charge in [-0.25, -0.2) is 4.98 Å². The van der Waals surface area contributed by atoms with Crippen molar-refractivity contribution < 1.29 is 0 Å². The summed E-state index contributed by atoms with van der Waals surface area (Å²) in [7, 11) is 0. The lowest BCUT2D eigenvalue weighted by molar-refractivity contribution is 0.874. The normalized spacial score (nSPS) is 10.5. The zero-order chi connectivity index (χ0) is 10.7. The summed E-state index contributed by atoms with van der Waals surface area (Å²) in [6.45, 7) is 0.561. The molecule has 0 aliphatic heterocycles. The number of nitrogen functional groups attached to an aromatic ring is 1. The van der Waals surface area contributed by atoms with Crippen LogP contribution >= 0.6 is 0 Å². The number of anilines is 1. The molecule has 0 spiro atoms. The number of nitrogens with one attached hydrogen (secondary N) is 1. The van der Waals surface area contributed by atoms with E-state index in [2.05, 4.69) is 15.2 Å². The average Bonchev–Trinajstić information content (AvgIpc) is 2.67. The number of nitrogens with two attached hydrogens (primary N) is 2. The van der Waals surface area contributed by atoms with Crippen LogP contribution in [0, 0.1) is 0 Å². The first kappa shape index (κ1) is 9.67. The van der Waals surface area contributed by atoms with Crippen LogP contribution in [0.2, 0.25) is 0 Å². The zero-order valence-electron chi connectivity index (χ0n) is 8.27. The lowest BCUT2D eigenvalue weighted by Gasteiger charge is -1.96. The molecule has 0 atom stereocenters. The van der Waals surface area contributed by atoms with Crippen molar-refractivity contribution in [3.05, 3.63) is 30.1 Å². The second-order valence-electron chi connectivity index (χ2n) is 3.27. The van der Waals surface area contributed by atoms with Crippen LogP contribution in [0.4, 0.5) is 5.69 Å². The summed E-state index contributed by atoms with van der Waals surface area (Å²) in [6, 6.07) is 7.47. The molecule has 1 aromatic heterocycles. The van der Waals surface area contributed by atoms with E-state index in [4.69, 9.17) is 11.5 Å². The molecule has 2 aromatic rings. The number of nitrogens with zero attached hydrogens (tertiary/aromatic N) is 2. The molecule has 0 unspecified atom stereocenters. The second kappa shape index (κ2) is 4.10. The minimum atomic E-state index is 0.561. The predicted octanol–water partition coefficient (Wildman–Crippen LogP) is 0.555. The van der Waals surface area contributed by atoms with Crippen LogP contribution in [-0.4, -0.2) is 21.7 Å². The molecule has 0 aliphatic rings. The van der Waals surface area contributed by atoms with Crippen LogP contribution in [0.25, 0.3) is 11.4 Å². The summed E-state index contributed by atoms with van der Waals surface area (Å²) in [6.07, 6.45) is 0.704. The first-order chi connectivity index (χ1) is 7.29. The minimum Gasteiger partial charge on any atom is -0.399 e. The fraction of sp³-hybridized carbons (Fsp3) is 0.200. The fourth-order valence-electron chi connectivity index (χ4n) is 1.35. The fourth-order valence-corrected chi connectivity index (χ4v) is 1.35. The van der Waals surface area contributed by atoms with Crippen molar-refractivity contribution in [3.63, 3.8) is 0 Å². The van der Waals surface area contributed by atoms with Crippen LogP contribution in [0.3, 0.4) is 0 Å². The Morgan fingerprint density at radius 3 is 2.93 bits per heavy atom. The van der Waals surface area contributed by atoms with Crippen LogP contribution in [-0.2, 0) is 6.42 Å². The van der Waals surface area contributed by atoms with Gasteiger partial charge in [0.05, 0.1) is 0 Å². The molecule has 0 radical (unpaired) electrons. The molecule has 0 bridgehead atoms. The van der Waals surface area contributed by atoms with Gasteiger partial charge in [0.2, 0.25) is 0 Å². The summed E-state index contributed by atoms with van der Waals surface area (Å²) >= 11 is 0. The zero-order valence-corrected chi connectivity index (χ0v) is 8.27. The van der Waals surface area contributed by atoms with Gasteiger partial charge in [0.25, 0.3) is 0 Å². The number of hydrogen-bond acceptors (Lipinski definition) is 4. The molecule has 1 heterocycles. The van der Waals surface area contributed by atoms with Gasteiger partial charge in [-0.15, -0.1) is 0 Å². The standard InChI is InChI=1S/C10H13N5/c11-5-4-9-13-10(15-14-9)7-2-1-3-8(12)6-7/h1-3,6H,4-5,11-12H2,(H,13,14,15). The highest BCUT2D eigenvalue weighted by atomic mass is 15.2. The number of rotatable bonds is 3. The van der Waals surface area contributed by atoms with E-state index in [9.17, 15) is 0 Å². The first-order valence-corrected chi connectivity index (χ1v) is 4.77. The van der Waals surface area contributed by atoms with E-state index < -0.39 is 0 Å². The molecule has 5 heteroatoms. The molecule has 0 fully saturated rings. The third-order valence-corrected chi connectivity index (χ3v) is 2.06. The number of H-pyrrole nitrogens is 1. The quantitative estimate of drug-likeness (QED) is 0.635. The largest absolute Gasteiger partial charge is 0.399 e. The Balaban J connectivity index is 2.29. The summed E-state index contributed by atoms with van der Waals surface area (Å²) in [5, 5.41) is 6.94. The molecule has 78 valence electrons. The molecule has 0 saturated heterocycles. The second-order valence-corrected chi connectivity index (χ2v) is 3.27. The highest BCUT2D eigenvalue weighted by molar-refractivity contribution is 5.60. The number of aromatic amines is 1. The SMILES string of the molecule is NCCc1nc(-c2cccc(N)c2)n[nH]1. The van der Waals surface area contributed by atoms with E-state index in [0.717, 1.165) is 11.4 Å². The van der Waals surface area contributed by atoms with Crippen molar-refractivity contribution in [2.45, 2.75) is 6.42 Å². The van der Waals surface area contributed by atoms with Crippen molar-refractivity contribution in [3.8, 4) is 11.4 Å². The molecule has 0 aliphatic carbocycles. The maximum Gasteiger partial charge on any atom is 0.181 e. The number of aromatic nitrogens is 3. The van der Waals surface area contributed by atoms with Crippen molar-refractivity contribution >= 4 is 5.69 Å². The van der Waals surface area contributed by atoms with Gasteiger partial charge in [-0.05, 0) is 18.7 Å². The van der Waals surface area contributed by atoms with E-state index in [0.29, 0.717) is 24.5 Å². The Bertz CT molecular complexity index is 449. The molecular weight excluding hydrogens is 190 g/mol. The Morgan fingerprint density at radius 1 is 1.33 bits per heavy atom. The third kappa shape index (κ3) is 2.13. The molecule has 1 aromatic carbocycles. The summed E-state index contributed by atoms with van der Waals surface area (Å²) in [4.78, 5) is 4.31. The molecule has 0 amide bonds. The van der Waals surface area contributed by atoms with Crippen molar-refractivity contribution in [2.75, 3.05) is 12.3 Å². The number of benzene rings is 1. The van der Waals surface area contributed by atoms with Gasteiger partial charge in [0, 0.05) is 17.7 Å². The molecular formula is C10H13N5. The monoisotopic (exact) mass is 203 g/mol. The highest BCUT2D eigenvalue weighted by Crippen LogP contribution is 2.17. The Kier molecular flexibility index (Phi) is 2.64. The van der Waals surface area contributed by atoms with Crippen molar-refractivity contribution in [1.29, 1.82) is 0 Å². The lowest BCUT2D eigenvalue weighted by Crippen LogP contribution is -2.03. The van der Waals surface area contributed by atoms with Crippen molar-refractivity contribution in [2.24, 2.45) is 5.73 Å². The maximum absolute atomic E-state index is 5.68. The predicted molar refractivity (Wildman–Crippen MR) is 59.0 cm³/mol. The number of hydrogen-bond donors (Lipinski definition) is 3. The van der Waals surface area contributed by atoms with Crippen LogP contribution < -0.4 is 11.5 Å². The molecule has 15 heavy (non-hydrogen) atoms. The topological polar surface area (TPSA) is 93.6 Å². The average molecular weight is 203 g/mol. The first-order valence-electron chi connectivity index (χ1n) is 4.77. The van der Waals surface area contributed by atoms with Gasteiger partial charge in [-0.2, -0.15) is 5.10 Å². The van der Waals surface area contributed by atoms with Crippen LogP contribution in [0.1, 0.15) is 5.82 Å². The van der Waals surface area contributed by atoms with Crippen LogP contribution in [0.5, 0.6) is 0 Å². The highest BCUT2D eigenvalue weighted by Gasteiger charge is 2.04.